The third-order valence-electron chi connectivity index (χ3n) is 6.18. The summed E-state index contributed by atoms with van der Waals surface area (Å²) in [4.78, 5) is 35.3. The Labute approximate surface area is 220 Å². The van der Waals surface area contributed by atoms with Gasteiger partial charge in [-0.15, -0.1) is 0 Å². The zero-order chi connectivity index (χ0) is 27.1. The van der Waals surface area contributed by atoms with E-state index in [9.17, 15) is 14.2 Å². The number of hydrogen-bond acceptors (Lipinski definition) is 9. The first-order chi connectivity index (χ1) is 18.3. The number of ether oxygens (including phenoxy) is 2. The van der Waals surface area contributed by atoms with E-state index in [4.69, 9.17) is 18.5 Å². The average molecular weight is 546 g/mol. The molecule has 0 bridgehead atoms. The molecule has 2 N–H and O–H groups in total. The van der Waals surface area contributed by atoms with Gasteiger partial charge in [0, 0.05) is 6.42 Å². The molecule has 1 unspecified atom stereocenters. The lowest BCUT2D eigenvalue weighted by Crippen LogP contribution is -2.36. The fraction of sp³-hybridized carbons (Fsp3) is 0.440. The van der Waals surface area contributed by atoms with Crippen LogP contribution >= 0.6 is 7.75 Å². The molecular formula is C25H32N5O7P. The van der Waals surface area contributed by atoms with Gasteiger partial charge in [0.25, 0.3) is 5.56 Å². The molecule has 3 aromatic rings. The molecule has 1 aromatic carbocycles. The second-order valence-electron chi connectivity index (χ2n) is 8.87. The minimum Gasteiger partial charge on any atom is -0.472 e. The van der Waals surface area contributed by atoms with Crippen LogP contribution in [-0.2, 0) is 23.4 Å². The number of benzene rings is 1. The lowest BCUT2D eigenvalue weighted by atomic mass is 10.1. The van der Waals surface area contributed by atoms with E-state index in [0.29, 0.717) is 23.6 Å². The van der Waals surface area contributed by atoms with Crippen molar-refractivity contribution in [3.63, 3.8) is 0 Å². The van der Waals surface area contributed by atoms with Crippen molar-refractivity contribution in [1.29, 1.82) is 0 Å². The summed E-state index contributed by atoms with van der Waals surface area (Å²) in [6.07, 6.45) is 6.29. The smallest absolute Gasteiger partial charge is 0.459 e. The highest BCUT2D eigenvalue weighted by molar-refractivity contribution is 7.52. The third kappa shape index (κ3) is 6.69. The lowest BCUT2D eigenvalue weighted by molar-refractivity contribution is -0.146. The number of carbonyl (C=O) groups is 1. The Morgan fingerprint density at radius 3 is 2.76 bits per heavy atom. The number of aromatic nitrogens is 4. The largest absolute Gasteiger partial charge is 0.472 e. The molecular weight excluding hydrogens is 513 g/mol. The van der Waals surface area contributed by atoms with Crippen molar-refractivity contribution in [3.05, 3.63) is 65.2 Å². The van der Waals surface area contributed by atoms with E-state index < -0.39 is 26.0 Å². The van der Waals surface area contributed by atoms with E-state index in [1.54, 1.807) is 47.9 Å². The second-order valence-corrected chi connectivity index (χ2v) is 10.6. The van der Waals surface area contributed by atoms with Crippen LogP contribution in [0.5, 0.6) is 5.75 Å². The Bertz CT molecular complexity index is 1370. The van der Waals surface area contributed by atoms with Crippen LogP contribution in [0.1, 0.15) is 46.3 Å². The molecule has 204 valence electrons. The number of H-pyrrole nitrogens is 1. The minimum absolute atomic E-state index is 0.191. The van der Waals surface area contributed by atoms with Gasteiger partial charge in [-0.25, -0.2) is 14.5 Å². The third-order valence-corrected chi connectivity index (χ3v) is 7.80. The minimum atomic E-state index is -4.04. The summed E-state index contributed by atoms with van der Waals surface area (Å²) in [6.45, 7) is 5.71. The molecule has 0 saturated carbocycles. The maximum atomic E-state index is 13.7. The first-order valence-electron chi connectivity index (χ1n) is 12.5. The molecule has 0 spiro atoms. The van der Waals surface area contributed by atoms with Gasteiger partial charge in [-0.2, -0.15) is 5.09 Å². The van der Waals surface area contributed by atoms with E-state index in [-0.39, 0.29) is 30.2 Å². The lowest BCUT2D eigenvalue weighted by Gasteiger charge is -2.24. The Hall–Kier alpha value is -3.47. The quantitative estimate of drug-likeness (QED) is 0.238. The van der Waals surface area contributed by atoms with Crippen LogP contribution in [0.4, 0.5) is 0 Å². The van der Waals surface area contributed by atoms with Gasteiger partial charge >= 0.3 is 13.7 Å². The molecule has 1 aliphatic rings. The van der Waals surface area contributed by atoms with Crippen molar-refractivity contribution in [2.45, 2.75) is 52.3 Å². The first kappa shape index (κ1) is 27.6. The van der Waals surface area contributed by atoms with Crippen LogP contribution in [0.3, 0.4) is 0 Å². The van der Waals surface area contributed by atoms with Gasteiger partial charge in [0.05, 0.1) is 12.9 Å². The Morgan fingerprint density at radius 1 is 1.26 bits per heavy atom. The SMILES string of the molecule is CCC(CC)COC(=O)[C@H](C)N[P@](=O)(OCC1=CCC(n2cnc3c(=O)[nH]cnc32)O1)Oc1ccccc1. The number of esters is 1. The van der Waals surface area contributed by atoms with E-state index in [2.05, 4.69) is 20.0 Å². The van der Waals surface area contributed by atoms with Gasteiger partial charge in [0.15, 0.2) is 17.4 Å². The molecule has 4 rings (SSSR count). The molecule has 0 fully saturated rings. The fourth-order valence-corrected chi connectivity index (χ4v) is 5.29. The van der Waals surface area contributed by atoms with Crippen LogP contribution in [-0.4, -0.2) is 44.7 Å². The molecule has 0 aliphatic carbocycles. The second kappa shape index (κ2) is 12.4. The fourth-order valence-electron chi connectivity index (χ4n) is 3.84. The number of nitrogens with zero attached hydrogens (tertiary/aromatic N) is 3. The topological polar surface area (TPSA) is 147 Å². The first-order valence-corrected chi connectivity index (χ1v) is 14.1. The van der Waals surface area contributed by atoms with Gasteiger partial charge in [-0.05, 0) is 31.1 Å². The number of carbonyl (C=O) groups excluding carboxylic acids is 1. The predicted octanol–water partition coefficient (Wildman–Crippen LogP) is 4.08. The summed E-state index contributed by atoms with van der Waals surface area (Å²) < 4.78 is 38.1. The van der Waals surface area contributed by atoms with Crippen LogP contribution in [0.2, 0.25) is 0 Å². The molecule has 12 nitrogen and oxygen atoms in total. The number of fused-ring (bicyclic) bond motifs is 1. The average Bonchev–Trinajstić information content (AvgIpc) is 3.56. The predicted molar refractivity (Wildman–Crippen MR) is 139 cm³/mol. The van der Waals surface area contributed by atoms with E-state index >= 15 is 0 Å². The van der Waals surface area contributed by atoms with Gasteiger partial charge in [-0.1, -0.05) is 44.9 Å². The zero-order valence-corrected chi connectivity index (χ0v) is 22.4. The molecule has 3 atom stereocenters. The van der Waals surface area contributed by atoms with Crippen LogP contribution in [0.15, 0.2) is 59.6 Å². The van der Waals surface area contributed by atoms with Crippen molar-refractivity contribution in [2.24, 2.45) is 5.92 Å². The van der Waals surface area contributed by atoms with Crippen LogP contribution in [0.25, 0.3) is 11.2 Å². The Balaban J connectivity index is 1.41. The molecule has 0 amide bonds. The molecule has 0 radical (unpaired) electrons. The summed E-state index contributed by atoms with van der Waals surface area (Å²) in [5, 5.41) is 2.68. The van der Waals surface area contributed by atoms with Gasteiger partial charge < -0.3 is 19.0 Å². The summed E-state index contributed by atoms with van der Waals surface area (Å²) >= 11 is 0. The van der Waals surface area contributed by atoms with Gasteiger partial charge in [0.1, 0.15) is 30.5 Å². The highest BCUT2D eigenvalue weighted by atomic mass is 31.2. The van der Waals surface area contributed by atoms with Crippen molar-refractivity contribution in [3.8, 4) is 5.75 Å². The summed E-state index contributed by atoms with van der Waals surface area (Å²) in [6, 6.07) is 7.57. The van der Waals surface area contributed by atoms with Gasteiger partial charge in [-0.3, -0.25) is 18.7 Å². The van der Waals surface area contributed by atoms with Crippen molar-refractivity contribution < 1.29 is 27.9 Å². The Morgan fingerprint density at radius 2 is 2.03 bits per heavy atom. The molecule has 13 heteroatoms. The van der Waals surface area contributed by atoms with Gasteiger partial charge in [0.2, 0.25) is 0 Å². The molecule has 1 aliphatic heterocycles. The standard InChI is InChI=1S/C25H32N5O7P/c1-4-18(5-2)13-34-25(32)17(3)29-38(33,37-19-9-7-6-8-10-19)35-14-20-11-12-21(36-20)30-16-28-22-23(30)26-15-27-24(22)31/h6-11,15-18,21H,4-5,12-14H2,1-3H3,(H,29,33)(H,26,27,31)/t17-,21?,38-/m0/s1. The maximum absolute atomic E-state index is 13.7. The van der Waals surface area contributed by atoms with Crippen molar-refractivity contribution in [1.82, 2.24) is 24.6 Å². The highest BCUT2D eigenvalue weighted by Crippen LogP contribution is 2.46. The molecule has 38 heavy (non-hydrogen) atoms. The Kier molecular flexibility index (Phi) is 8.98. The molecule has 2 aromatic heterocycles. The normalized spacial score (nSPS) is 17.6. The zero-order valence-electron chi connectivity index (χ0n) is 21.5. The number of nitrogens with one attached hydrogen (secondary N) is 2. The van der Waals surface area contributed by atoms with E-state index in [1.807, 2.05) is 13.8 Å². The highest BCUT2D eigenvalue weighted by Gasteiger charge is 2.34. The van der Waals surface area contributed by atoms with Crippen LogP contribution < -0.4 is 15.2 Å². The van der Waals surface area contributed by atoms with E-state index in [0.717, 1.165) is 12.8 Å². The molecule has 3 heterocycles. The summed E-state index contributed by atoms with van der Waals surface area (Å²) in [5.74, 6) is 0.421. The monoisotopic (exact) mass is 545 g/mol. The number of aromatic amines is 1. The number of hydrogen-bond donors (Lipinski definition) is 2. The number of imidazole rings is 1. The number of rotatable bonds is 13. The van der Waals surface area contributed by atoms with Crippen LogP contribution in [0, 0.1) is 5.92 Å². The van der Waals surface area contributed by atoms with Crippen molar-refractivity contribution >= 4 is 24.9 Å². The molecule has 0 saturated heterocycles. The maximum Gasteiger partial charge on any atom is 0.459 e. The number of para-hydroxylation sites is 1. The summed E-state index contributed by atoms with van der Waals surface area (Å²) in [7, 11) is -4.04. The van der Waals surface area contributed by atoms with E-state index in [1.165, 1.54) is 12.7 Å². The van der Waals surface area contributed by atoms with Crippen molar-refractivity contribution in [2.75, 3.05) is 13.2 Å². The summed E-state index contributed by atoms with van der Waals surface area (Å²) in [5.41, 5.74) is 0.242.